The fourth-order valence-electron chi connectivity index (χ4n) is 2.40. The Balaban J connectivity index is 2.04. The Morgan fingerprint density at radius 3 is 2.70 bits per heavy atom. The van der Waals surface area contributed by atoms with Crippen molar-refractivity contribution in [2.24, 2.45) is 5.10 Å². The third kappa shape index (κ3) is 5.52. The number of benzene rings is 2. The van der Waals surface area contributed by atoms with Crippen molar-refractivity contribution in [1.29, 1.82) is 0 Å². The maximum absolute atomic E-state index is 12.4. The van der Waals surface area contributed by atoms with E-state index in [1.165, 1.54) is 19.4 Å². The summed E-state index contributed by atoms with van der Waals surface area (Å²) in [6, 6.07) is 8.04. The summed E-state index contributed by atoms with van der Waals surface area (Å²) < 4.78 is 5.03. The minimum Gasteiger partial charge on any atom is -0.503 e. The van der Waals surface area contributed by atoms with E-state index in [0.717, 1.165) is 11.3 Å². The number of nitrogens with zero attached hydrogens (tertiary/aromatic N) is 1. The fraction of sp³-hybridized carbons (Fsp3) is 0.263. The van der Waals surface area contributed by atoms with Crippen molar-refractivity contribution in [3.63, 3.8) is 0 Å². The van der Waals surface area contributed by atoms with Gasteiger partial charge in [0.2, 0.25) is 0 Å². The Morgan fingerprint density at radius 2 is 2.07 bits per heavy atom. The Hall–Kier alpha value is -2.44. The second-order valence-electron chi connectivity index (χ2n) is 5.85. The summed E-state index contributed by atoms with van der Waals surface area (Å²) in [5.74, 6) is -0.199. The molecule has 0 bridgehead atoms. The quantitative estimate of drug-likeness (QED) is 0.468. The zero-order chi connectivity index (χ0) is 20.0. The fourth-order valence-corrected chi connectivity index (χ4v) is 2.85. The van der Waals surface area contributed by atoms with Gasteiger partial charge < -0.3 is 15.2 Å². The minimum atomic E-state index is -0.458. The molecule has 0 radical (unpaired) electrons. The van der Waals surface area contributed by atoms with Crippen molar-refractivity contribution < 1.29 is 14.6 Å². The molecule has 0 saturated heterocycles. The van der Waals surface area contributed by atoms with E-state index in [2.05, 4.69) is 15.8 Å². The zero-order valence-electron chi connectivity index (χ0n) is 15.2. The van der Waals surface area contributed by atoms with E-state index in [9.17, 15) is 9.90 Å². The monoisotopic (exact) mass is 409 g/mol. The van der Waals surface area contributed by atoms with Crippen LogP contribution in [0, 0.1) is 6.92 Å². The lowest BCUT2D eigenvalue weighted by Crippen LogP contribution is -2.37. The second-order valence-corrected chi connectivity index (χ2v) is 6.70. The molecule has 0 spiro atoms. The molecule has 27 heavy (non-hydrogen) atoms. The van der Waals surface area contributed by atoms with E-state index >= 15 is 0 Å². The normalized spacial score (nSPS) is 12.0. The van der Waals surface area contributed by atoms with Gasteiger partial charge in [-0.15, -0.1) is 0 Å². The van der Waals surface area contributed by atoms with Crippen LogP contribution in [0.1, 0.15) is 24.5 Å². The van der Waals surface area contributed by atoms with E-state index in [-0.39, 0.29) is 22.4 Å². The Labute approximate surface area is 168 Å². The van der Waals surface area contributed by atoms with Gasteiger partial charge in [0.1, 0.15) is 6.04 Å². The summed E-state index contributed by atoms with van der Waals surface area (Å²) in [7, 11) is 1.42. The summed E-state index contributed by atoms with van der Waals surface area (Å²) in [6.45, 7) is 3.82. The third-order valence-corrected chi connectivity index (χ3v) is 4.43. The number of rotatable bonds is 7. The van der Waals surface area contributed by atoms with Crippen LogP contribution in [0.4, 0.5) is 5.69 Å². The topological polar surface area (TPSA) is 83.0 Å². The maximum atomic E-state index is 12.4. The summed E-state index contributed by atoms with van der Waals surface area (Å²) >= 11 is 11.9. The number of carbonyl (C=O) groups is 1. The Morgan fingerprint density at radius 1 is 1.33 bits per heavy atom. The molecule has 0 aromatic heterocycles. The summed E-state index contributed by atoms with van der Waals surface area (Å²) in [5.41, 5.74) is 4.86. The van der Waals surface area contributed by atoms with Crippen LogP contribution < -0.4 is 15.5 Å². The van der Waals surface area contributed by atoms with Crippen LogP contribution in [0.2, 0.25) is 10.0 Å². The number of hydrogen-bond donors (Lipinski definition) is 3. The summed E-state index contributed by atoms with van der Waals surface area (Å²) in [6.07, 6.45) is 1.99. The molecule has 2 rings (SSSR count). The van der Waals surface area contributed by atoms with Gasteiger partial charge in [-0.1, -0.05) is 30.1 Å². The average molecular weight is 410 g/mol. The highest BCUT2D eigenvalue weighted by Crippen LogP contribution is 2.34. The zero-order valence-corrected chi connectivity index (χ0v) is 16.7. The molecule has 0 fully saturated rings. The molecule has 144 valence electrons. The number of anilines is 1. The van der Waals surface area contributed by atoms with Crippen LogP contribution in [0.3, 0.4) is 0 Å². The second kappa shape index (κ2) is 9.48. The molecule has 0 aliphatic carbocycles. The number of halogens is 2. The van der Waals surface area contributed by atoms with Crippen LogP contribution in [0.25, 0.3) is 0 Å². The number of aromatic hydroxyl groups is 1. The van der Waals surface area contributed by atoms with Crippen molar-refractivity contribution in [3.05, 3.63) is 51.5 Å². The van der Waals surface area contributed by atoms with E-state index in [4.69, 9.17) is 27.9 Å². The van der Waals surface area contributed by atoms with Gasteiger partial charge in [-0.05, 0) is 54.8 Å². The third-order valence-electron chi connectivity index (χ3n) is 3.90. The number of nitrogens with one attached hydrogen (secondary N) is 2. The van der Waals surface area contributed by atoms with Gasteiger partial charge in [0.15, 0.2) is 11.5 Å². The number of hydrogen-bond acceptors (Lipinski definition) is 5. The molecule has 1 amide bonds. The predicted molar refractivity (Wildman–Crippen MR) is 109 cm³/mol. The molecule has 2 aromatic carbocycles. The first-order valence-corrected chi connectivity index (χ1v) is 9.03. The number of phenolic OH excluding ortho intramolecular Hbond substituents is 1. The number of methoxy groups -OCH3 is 1. The first-order valence-electron chi connectivity index (χ1n) is 8.27. The Kier molecular flexibility index (Phi) is 7.33. The lowest BCUT2D eigenvalue weighted by Gasteiger charge is -2.18. The van der Waals surface area contributed by atoms with Gasteiger partial charge in [0.25, 0.3) is 5.91 Å². The molecule has 2 aromatic rings. The van der Waals surface area contributed by atoms with Gasteiger partial charge in [0, 0.05) is 10.7 Å². The van der Waals surface area contributed by atoms with Crippen LogP contribution in [-0.2, 0) is 4.79 Å². The number of carbonyl (C=O) groups excluding carboxylic acids is 1. The van der Waals surface area contributed by atoms with Gasteiger partial charge in [-0.3, -0.25) is 4.79 Å². The largest absolute Gasteiger partial charge is 0.503 e. The number of ether oxygens (including phenoxy) is 1. The molecular formula is C19H21Cl2N3O3. The molecular weight excluding hydrogens is 389 g/mol. The number of hydrazone groups is 1. The van der Waals surface area contributed by atoms with Gasteiger partial charge in [-0.25, -0.2) is 5.43 Å². The lowest BCUT2D eigenvalue weighted by molar-refractivity contribution is -0.121. The van der Waals surface area contributed by atoms with E-state index in [1.807, 2.05) is 26.0 Å². The smallest absolute Gasteiger partial charge is 0.262 e. The number of amides is 1. The average Bonchev–Trinajstić information content (AvgIpc) is 2.63. The van der Waals surface area contributed by atoms with Crippen LogP contribution in [0.15, 0.2) is 35.4 Å². The SMILES string of the molecule is CC[C@@H](Nc1ccc(Cl)cc1C)C(=O)N/N=C\c1cc(Cl)c(O)c(OC)c1. The number of phenols is 1. The van der Waals surface area contributed by atoms with Crippen LogP contribution >= 0.6 is 23.2 Å². The standard InChI is InChI=1S/C19H21Cl2N3O3/c1-4-15(23-16-6-5-13(20)7-11(16)2)19(26)24-22-10-12-8-14(21)18(25)17(9-12)27-3/h5-10,15,23,25H,4H2,1-3H3,(H,24,26)/b22-10-/t15-/m1/s1. The van der Waals surface area contributed by atoms with Gasteiger partial charge >= 0.3 is 0 Å². The predicted octanol–water partition coefficient (Wildman–Crippen LogP) is 4.36. The molecule has 0 heterocycles. The van der Waals surface area contributed by atoms with Crippen molar-refractivity contribution in [2.45, 2.75) is 26.3 Å². The highest BCUT2D eigenvalue weighted by Gasteiger charge is 2.16. The summed E-state index contributed by atoms with van der Waals surface area (Å²) in [4.78, 5) is 12.4. The minimum absolute atomic E-state index is 0.133. The first kappa shape index (κ1) is 20.9. The molecule has 3 N–H and O–H groups in total. The molecule has 6 nitrogen and oxygen atoms in total. The maximum Gasteiger partial charge on any atom is 0.262 e. The molecule has 0 saturated carbocycles. The van der Waals surface area contributed by atoms with Crippen LogP contribution in [0.5, 0.6) is 11.5 Å². The highest BCUT2D eigenvalue weighted by atomic mass is 35.5. The van der Waals surface area contributed by atoms with Crippen molar-refractivity contribution in [1.82, 2.24) is 5.43 Å². The van der Waals surface area contributed by atoms with Crippen LogP contribution in [-0.4, -0.2) is 30.4 Å². The molecule has 0 aliphatic rings. The lowest BCUT2D eigenvalue weighted by atomic mass is 10.1. The number of aryl methyl sites for hydroxylation is 1. The van der Waals surface area contributed by atoms with Crippen molar-refractivity contribution in [3.8, 4) is 11.5 Å². The van der Waals surface area contributed by atoms with Gasteiger partial charge in [0.05, 0.1) is 18.3 Å². The first-order chi connectivity index (χ1) is 12.8. The van der Waals surface area contributed by atoms with Gasteiger partial charge in [-0.2, -0.15) is 5.10 Å². The summed E-state index contributed by atoms with van der Waals surface area (Å²) in [5, 5.41) is 17.6. The van der Waals surface area contributed by atoms with Crippen molar-refractivity contribution >= 4 is 41.0 Å². The molecule has 0 aliphatic heterocycles. The molecule has 8 heteroatoms. The molecule has 1 atom stereocenters. The van der Waals surface area contributed by atoms with E-state index in [0.29, 0.717) is 17.0 Å². The van der Waals surface area contributed by atoms with E-state index < -0.39 is 6.04 Å². The Bertz CT molecular complexity index is 856. The highest BCUT2D eigenvalue weighted by molar-refractivity contribution is 6.32. The van der Waals surface area contributed by atoms with E-state index in [1.54, 1.807) is 12.1 Å². The van der Waals surface area contributed by atoms with Crippen molar-refractivity contribution in [2.75, 3.05) is 12.4 Å². The molecule has 0 unspecified atom stereocenters.